The van der Waals surface area contributed by atoms with Crippen LogP contribution in [-0.4, -0.2) is 5.75 Å². The molecule has 0 bridgehead atoms. The topological polar surface area (TPSA) is 0 Å². The summed E-state index contributed by atoms with van der Waals surface area (Å²) in [6.45, 7) is 4.54. The lowest BCUT2D eigenvalue weighted by Crippen LogP contribution is -1.86. The Kier molecular flexibility index (Phi) is 6.72. The maximum atomic E-state index is 4.83. The molecule has 55 valence electrons. The van der Waals surface area contributed by atoms with Crippen molar-refractivity contribution in [3.63, 3.8) is 0 Å². The van der Waals surface area contributed by atoms with Gasteiger partial charge in [-0.25, -0.2) is 0 Å². The normalized spacial score (nSPS) is 10.7. The summed E-state index contributed by atoms with van der Waals surface area (Å²) < 4.78 is 0. The first kappa shape index (κ1) is 9.35. The molecule has 0 aliphatic carbocycles. The van der Waals surface area contributed by atoms with Gasteiger partial charge in [0.1, 0.15) is 0 Å². The Bertz CT molecular complexity index is 50.5. The van der Waals surface area contributed by atoms with E-state index >= 15 is 0 Å². The zero-order valence-electron chi connectivity index (χ0n) is 6.52. The van der Waals surface area contributed by atoms with Gasteiger partial charge in [0.25, 0.3) is 0 Å². The molecule has 0 aromatic heterocycles. The van der Waals surface area contributed by atoms with Crippen LogP contribution in [0.1, 0.15) is 39.5 Å². The fraction of sp³-hybridized carbons (Fsp3) is 1.00. The SMILES string of the molecule is CC(C)CCCCC[S]. The van der Waals surface area contributed by atoms with Gasteiger partial charge >= 0.3 is 0 Å². The van der Waals surface area contributed by atoms with Crippen LogP contribution in [0.3, 0.4) is 0 Å². The molecule has 0 saturated heterocycles. The fourth-order valence-corrected chi connectivity index (χ4v) is 1.04. The highest BCUT2D eigenvalue weighted by molar-refractivity contribution is 7.80. The second-order valence-corrected chi connectivity index (χ2v) is 3.36. The van der Waals surface area contributed by atoms with Crippen molar-refractivity contribution in [3.05, 3.63) is 0 Å². The molecule has 0 aliphatic heterocycles. The zero-order chi connectivity index (χ0) is 7.11. The van der Waals surface area contributed by atoms with Crippen LogP contribution < -0.4 is 0 Å². The molecule has 0 aromatic rings. The van der Waals surface area contributed by atoms with Crippen molar-refractivity contribution in [3.8, 4) is 0 Å². The molecule has 0 rings (SSSR count). The van der Waals surface area contributed by atoms with Crippen LogP contribution >= 0.6 is 12.6 Å². The van der Waals surface area contributed by atoms with Crippen LogP contribution in [-0.2, 0) is 0 Å². The maximum Gasteiger partial charge on any atom is 0.00369 e. The lowest BCUT2D eigenvalue weighted by atomic mass is 10.1. The standard InChI is InChI=1S/C8H17S/c1-8(2)6-4-3-5-7-9/h8H,3-7H2,1-2H3. The fourth-order valence-electron chi connectivity index (χ4n) is 0.831. The third-order valence-electron chi connectivity index (χ3n) is 1.43. The monoisotopic (exact) mass is 145 g/mol. The second kappa shape index (κ2) is 6.47. The van der Waals surface area contributed by atoms with E-state index in [4.69, 9.17) is 12.6 Å². The van der Waals surface area contributed by atoms with E-state index in [0.717, 1.165) is 11.7 Å². The molecule has 0 atom stereocenters. The third-order valence-corrected chi connectivity index (χ3v) is 1.71. The second-order valence-electron chi connectivity index (χ2n) is 2.95. The molecule has 0 spiro atoms. The summed E-state index contributed by atoms with van der Waals surface area (Å²) in [5, 5.41) is 0. The first-order valence-corrected chi connectivity index (χ1v) is 4.43. The number of hydrogen-bond acceptors (Lipinski definition) is 0. The molecule has 0 heterocycles. The Balaban J connectivity index is 2.75. The van der Waals surface area contributed by atoms with Gasteiger partial charge in [-0.15, -0.1) is 0 Å². The van der Waals surface area contributed by atoms with Crippen LogP contribution in [0.25, 0.3) is 0 Å². The molecule has 0 unspecified atom stereocenters. The molecule has 0 saturated carbocycles. The number of unbranched alkanes of at least 4 members (excludes halogenated alkanes) is 2. The van der Waals surface area contributed by atoms with Crippen LogP contribution in [0, 0.1) is 5.92 Å². The summed E-state index contributed by atoms with van der Waals surface area (Å²) in [4.78, 5) is 0. The molecular formula is C8H17S. The molecule has 0 N–H and O–H groups in total. The van der Waals surface area contributed by atoms with E-state index in [1.807, 2.05) is 0 Å². The summed E-state index contributed by atoms with van der Waals surface area (Å²) in [5.74, 6) is 1.81. The Labute approximate surface area is 64.4 Å². The molecule has 0 aliphatic rings. The smallest absolute Gasteiger partial charge is 0.00369 e. The summed E-state index contributed by atoms with van der Waals surface area (Å²) in [6.07, 6.45) is 5.31. The minimum Gasteiger partial charge on any atom is -0.0942 e. The predicted octanol–water partition coefficient (Wildman–Crippen LogP) is 3.40. The molecular weight excluding hydrogens is 128 g/mol. The predicted molar refractivity (Wildman–Crippen MR) is 45.8 cm³/mol. The average Bonchev–Trinajstić information content (AvgIpc) is 1.80. The van der Waals surface area contributed by atoms with Crippen LogP contribution in [0.4, 0.5) is 0 Å². The average molecular weight is 145 g/mol. The van der Waals surface area contributed by atoms with Crippen molar-refractivity contribution < 1.29 is 0 Å². The molecule has 0 aromatic carbocycles. The van der Waals surface area contributed by atoms with E-state index in [1.54, 1.807) is 0 Å². The molecule has 1 heteroatoms. The minimum atomic E-state index is 0.870. The Morgan fingerprint density at radius 3 is 2.22 bits per heavy atom. The molecule has 0 fully saturated rings. The van der Waals surface area contributed by atoms with Crippen molar-refractivity contribution in [1.82, 2.24) is 0 Å². The van der Waals surface area contributed by atoms with Gasteiger partial charge in [-0.1, -0.05) is 45.7 Å². The van der Waals surface area contributed by atoms with Crippen molar-refractivity contribution in [2.75, 3.05) is 5.75 Å². The number of rotatable bonds is 5. The Hall–Kier alpha value is 0.350. The van der Waals surface area contributed by atoms with E-state index < -0.39 is 0 Å². The van der Waals surface area contributed by atoms with E-state index in [-0.39, 0.29) is 0 Å². The Morgan fingerprint density at radius 1 is 1.11 bits per heavy atom. The summed E-state index contributed by atoms with van der Waals surface area (Å²) >= 11 is 4.83. The van der Waals surface area contributed by atoms with Gasteiger partial charge in [-0.3, -0.25) is 0 Å². The third kappa shape index (κ3) is 8.35. The van der Waals surface area contributed by atoms with Crippen molar-refractivity contribution in [2.24, 2.45) is 5.92 Å². The first-order chi connectivity index (χ1) is 4.27. The highest BCUT2D eigenvalue weighted by atomic mass is 32.1. The lowest BCUT2D eigenvalue weighted by Gasteiger charge is -2.01. The summed E-state index contributed by atoms with van der Waals surface area (Å²) in [6, 6.07) is 0. The minimum absolute atomic E-state index is 0.870. The van der Waals surface area contributed by atoms with Gasteiger partial charge in [0.05, 0.1) is 0 Å². The molecule has 1 radical (unpaired) electrons. The number of hydrogen-bond donors (Lipinski definition) is 0. The summed E-state index contributed by atoms with van der Waals surface area (Å²) in [7, 11) is 0. The molecule has 0 amide bonds. The van der Waals surface area contributed by atoms with E-state index in [0.29, 0.717) is 0 Å². The van der Waals surface area contributed by atoms with E-state index in [1.165, 1.54) is 25.7 Å². The van der Waals surface area contributed by atoms with E-state index in [2.05, 4.69) is 13.8 Å². The zero-order valence-corrected chi connectivity index (χ0v) is 7.34. The van der Waals surface area contributed by atoms with Gasteiger partial charge in [0.15, 0.2) is 0 Å². The van der Waals surface area contributed by atoms with Crippen molar-refractivity contribution in [1.29, 1.82) is 0 Å². The van der Waals surface area contributed by atoms with Crippen molar-refractivity contribution in [2.45, 2.75) is 39.5 Å². The van der Waals surface area contributed by atoms with Gasteiger partial charge in [0.2, 0.25) is 0 Å². The van der Waals surface area contributed by atoms with Crippen molar-refractivity contribution >= 4 is 12.6 Å². The first-order valence-electron chi connectivity index (χ1n) is 3.85. The van der Waals surface area contributed by atoms with Gasteiger partial charge in [0, 0.05) is 5.75 Å². The molecule has 9 heavy (non-hydrogen) atoms. The summed E-state index contributed by atoms with van der Waals surface area (Å²) in [5.41, 5.74) is 0. The van der Waals surface area contributed by atoms with Crippen LogP contribution in [0.5, 0.6) is 0 Å². The highest BCUT2D eigenvalue weighted by Crippen LogP contribution is 2.07. The van der Waals surface area contributed by atoms with Crippen LogP contribution in [0.2, 0.25) is 0 Å². The van der Waals surface area contributed by atoms with E-state index in [9.17, 15) is 0 Å². The van der Waals surface area contributed by atoms with Crippen LogP contribution in [0.15, 0.2) is 0 Å². The lowest BCUT2D eigenvalue weighted by molar-refractivity contribution is 0.535. The maximum absolute atomic E-state index is 4.83. The molecule has 0 nitrogen and oxygen atoms in total. The quantitative estimate of drug-likeness (QED) is 0.520. The highest BCUT2D eigenvalue weighted by Gasteiger charge is 1.92. The largest absolute Gasteiger partial charge is 0.0942 e. The Morgan fingerprint density at radius 2 is 1.78 bits per heavy atom. The van der Waals surface area contributed by atoms with Gasteiger partial charge in [-0.2, -0.15) is 0 Å². The van der Waals surface area contributed by atoms with Gasteiger partial charge in [-0.05, 0) is 12.3 Å². The van der Waals surface area contributed by atoms with Gasteiger partial charge < -0.3 is 0 Å².